The predicted octanol–water partition coefficient (Wildman–Crippen LogP) is 6.04. The van der Waals surface area contributed by atoms with Crippen LogP contribution in [0.15, 0.2) is 36.5 Å². The molecule has 5 rings (SSSR count). The number of H-pyrrole nitrogens is 1. The number of benzene rings is 1. The smallest absolute Gasteiger partial charge is 0.394 e. The molecule has 208 valence electrons. The van der Waals surface area contributed by atoms with Crippen molar-refractivity contribution in [2.75, 3.05) is 6.61 Å². The molecule has 0 spiro atoms. The number of rotatable bonds is 8. The lowest BCUT2D eigenvalue weighted by molar-refractivity contribution is -0.141. The zero-order valence-corrected chi connectivity index (χ0v) is 22.9. The number of pyridine rings is 1. The van der Waals surface area contributed by atoms with Gasteiger partial charge >= 0.3 is 6.18 Å². The monoisotopic (exact) mass is 540 g/mol. The van der Waals surface area contributed by atoms with Crippen LogP contribution < -0.4 is 5.32 Å². The lowest BCUT2D eigenvalue weighted by Crippen LogP contribution is -2.44. The lowest BCUT2D eigenvalue weighted by Gasteiger charge is -2.34. The molecule has 1 aliphatic carbocycles. The summed E-state index contributed by atoms with van der Waals surface area (Å²) in [6.07, 6.45) is 0.809. The third-order valence-corrected chi connectivity index (χ3v) is 7.74. The van der Waals surface area contributed by atoms with Gasteiger partial charge in [0.1, 0.15) is 17.2 Å². The minimum Gasteiger partial charge on any atom is -0.394 e. The molecule has 1 saturated carbocycles. The highest BCUT2D eigenvalue weighted by Gasteiger charge is 2.36. The fourth-order valence-corrected chi connectivity index (χ4v) is 5.63. The van der Waals surface area contributed by atoms with Gasteiger partial charge in [0.25, 0.3) is 0 Å². The van der Waals surface area contributed by atoms with Gasteiger partial charge in [0.15, 0.2) is 0 Å². The Hall–Kier alpha value is -3.24. The summed E-state index contributed by atoms with van der Waals surface area (Å²) in [6, 6.07) is 8.42. The standard InChI is InChI=1S/C29H35F3N6O/c1-16-14-38(5)27(33-16)23(18-8-6-9-18)19-10-7-11-20(12-19)25-21-13-22(29(30,31)32)34-24(26(21)37-36-25)17(2)35-28(3,4)15-39/h7,10-14,17-18,23,35,39H,6,8-9,15H2,1-5H3,(H,36,37)/t17-,23+/m0/s1. The van der Waals surface area contributed by atoms with Crippen molar-refractivity contribution in [3.63, 3.8) is 0 Å². The Morgan fingerprint density at radius 1 is 1.18 bits per heavy atom. The number of nitrogens with one attached hydrogen (secondary N) is 2. The molecule has 3 heterocycles. The van der Waals surface area contributed by atoms with E-state index < -0.39 is 23.5 Å². The van der Waals surface area contributed by atoms with Gasteiger partial charge in [-0.05, 0) is 64.2 Å². The van der Waals surface area contributed by atoms with Gasteiger partial charge in [-0.15, -0.1) is 0 Å². The fourth-order valence-electron chi connectivity index (χ4n) is 5.63. The molecular weight excluding hydrogens is 505 g/mol. The molecule has 0 amide bonds. The molecule has 0 aliphatic heterocycles. The van der Waals surface area contributed by atoms with Crippen molar-refractivity contribution in [1.82, 2.24) is 30.0 Å². The molecule has 1 aliphatic rings. The van der Waals surface area contributed by atoms with Crippen LogP contribution in [0.3, 0.4) is 0 Å². The first kappa shape index (κ1) is 27.3. The van der Waals surface area contributed by atoms with Crippen LogP contribution in [0, 0.1) is 12.8 Å². The van der Waals surface area contributed by atoms with Gasteiger partial charge < -0.3 is 15.0 Å². The zero-order valence-electron chi connectivity index (χ0n) is 22.9. The molecule has 3 aromatic heterocycles. The molecule has 0 unspecified atom stereocenters. The van der Waals surface area contributed by atoms with Crippen molar-refractivity contribution in [2.24, 2.45) is 13.0 Å². The van der Waals surface area contributed by atoms with E-state index in [1.807, 2.05) is 38.4 Å². The summed E-state index contributed by atoms with van der Waals surface area (Å²) in [6.45, 7) is 7.09. The van der Waals surface area contributed by atoms with Crippen molar-refractivity contribution < 1.29 is 18.3 Å². The SMILES string of the molecule is Cc1cn(C)c([C@@H](c2cccc(-c3n[nH]c4c([C@H](C)NC(C)(C)CO)nc(C(F)(F)F)cc34)c2)C2CCC2)n1. The number of alkyl halides is 3. The molecule has 4 aromatic rings. The van der Waals surface area contributed by atoms with Gasteiger partial charge in [0, 0.05) is 41.7 Å². The predicted molar refractivity (Wildman–Crippen MR) is 144 cm³/mol. The molecule has 39 heavy (non-hydrogen) atoms. The number of imidazole rings is 1. The largest absolute Gasteiger partial charge is 0.433 e. The molecule has 3 N–H and O–H groups in total. The van der Waals surface area contributed by atoms with E-state index >= 15 is 0 Å². The summed E-state index contributed by atoms with van der Waals surface area (Å²) in [7, 11) is 2.01. The van der Waals surface area contributed by atoms with Crippen LogP contribution >= 0.6 is 0 Å². The summed E-state index contributed by atoms with van der Waals surface area (Å²) in [5.41, 5.74) is 2.16. The van der Waals surface area contributed by atoms with Crippen LogP contribution in [0.5, 0.6) is 0 Å². The van der Waals surface area contributed by atoms with Crippen LogP contribution in [0.25, 0.3) is 22.2 Å². The van der Waals surface area contributed by atoms with Crippen molar-refractivity contribution in [3.05, 3.63) is 65.0 Å². The highest BCUT2D eigenvalue weighted by Crippen LogP contribution is 2.44. The average molecular weight is 541 g/mol. The number of aliphatic hydroxyl groups excluding tert-OH is 1. The van der Waals surface area contributed by atoms with Crippen molar-refractivity contribution in [2.45, 2.75) is 70.6 Å². The van der Waals surface area contributed by atoms with Gasteiger partial charge in [-0.25, -0.2) is 9.97 Å². The number of hydrogen-bond acceptors (Lipinski definition) is 5. The molecule has 0 saturated heterocycles. The van der Waals surface area contributed by atoms with Crippen molar-refractivity contribution >= 4 is 10.9 Å². The van der Waals surface area contributed by atoms with Crippen molar-refractivity contribution in [3.8, 4) is 11.3 Å². The number of aliphatic hydroxyl groups is 1. The molecule has 1 aromatic carbocycles. The minimum absolute atomic E-state index is 0.0931. The van der Waals surface area contributed by atoms with Crippen LogP contribution in [-0.4, -0.2) is 42.0 Å². The summed E-state index contributed by atoms with van der Waals surface area (Å²) in [5, 5.41) is 20.7. The Morgan fingerprint density at radius 3 is 2.51 bits per heavy atom. The molecule has 1 fully saturated rings. The summed E-state index contributed by atoms with van der Waals surface area (Å²) in [5.74, 6) is 1.56. The second kappa shape index (κ2) is 10.1. The van der Waals surface area contributed by atoms with Gasteiger partial charge in [0.2, 0.25) is 0 Å². The van der Waals surface area contributed by atoms with Gasteiger partial charge in [-0.1, -0.05) is 24.6 Å². The van der Waals surface area contributed by atoms with Gasteiger partial charge in [-0.2, -0.15) is 18.3 Å². The molecule has 10 heteroatoms. The average Bonchev–Trinajstić information content (AvgIpc) is 3.42. The maximum atomic E-state index is 14.0. The number of fused-ring (bicyclic) bond motifs is 1. The van der Waals surface area contributed by atoms with E-state index in [0.29, 0.717) is 22.5 Å². The Kier molecular flexibility index (Phi) is 7.05. The topological polar surface area (TPSA) is 91.7 Å². The molecular formula is C29H35F3N6O. The second-order valence-electron chi connectivity index (χ2n) is 11.4. The van der Waals surface area contributed by atoms with Gasteiger partial charge in [0.05, 0.1) is 23.5 Å². The Labute approximate surface area is 225 Å². The highest BCUT2D eigenvalue weighted by atomic mass is 19.4. The normalized spacial score (nSPS) is 16.4. The number of aromatic amines is 1. The number of hydrogen-bond donors (Lipinski definition) is 3. The van der Waals surface area contributed by atoms with E-state index in [0.717, 1.165) is 41.6 Å². The summed E-state index contributed by atoms with van der Waals surface area (Å²) < 4.78 is 44.0. The van der Waals surface area contributed by atoms with Crippen LogP contribution in [0.2, 0.25) is 0 Å². The first-order valence-corrected chi connectivity index (χ1v) is 13.3. The highest BCUT2D eigenvalue weighted by molar-refractivity contribution is 5.94. The summed E-state index contributed by atoms with van der Waals surface area (Å²) in [4.78, 5) is 8.81. The quantitative estimate of drug-likeness (QED) is 0.254. The Morgan fingerprint density at radius 2 is 1.92 bits per heavy atom. The molecule has 0 bridgehead atoms. The zero-order chi connectivity index (χ0) is 28.1. The Bertz CT molecular complexity index is 1480. The molecule has 0 radical (unpaired) electrons. The van der Waals surface area contributed by atoms with Gasteiger partial charge in [-0.3, -0.25) is 5.10 Å². The van der Waals surface area contributed by atoms with E-state index in [4.69, 9.17) is 4.98 Å². The maximum absolute atomic E-state index is 14.0. The minimum atomic E-state index is -4.63. The first-order chi connectivity index (χ1) is 18.4. The van der Waals surface area contributed by atoms with E-state index in [1.165, 1.54) is 6.42 Å². The number of nitrogens with zero attached hydrogens (tertiary/aromatic N) is 4. The fraction of sp³-hybridized carbons (Fsp3) is 0.483. The maximum Gasteiger partial charge on any atom is 0.433 e. The number of aryl methyl sites for hydroxylation is 2. The first-order valence-electron chi connectivity index (χ1n) is 13.3. The third kappa shape index (κ3) is 5.32. The van der Waals surface area contributed by atoms with E-state index in [1.54, 1.807) is 20.8 Å². The van der Waals surface area contributed by atoms with E-state index in [-0.39, 0.29) is 18.2 Å². The van der Waals surface area contributed by atoms with E-state index in [9.17, 15) is 18.3 Å². The third-order valence-electron chi connectivity index (χ3n) is 7.74. The summed E-state index contributed by atoms with van der Waals surface area (Å²) >= 11 is 0. The van der Waals surface area contributed by atoms with E-state index in [2.05, 4.69) is 31.1 Å². The molecule has 7 nitrogen and oxygen atoms in total. The van der Waals surface area contributed by atoms with Crippen LogP contribution in [0.4, 0.5) is 13.2 Å². The van der Waals surface area contributed by atoms with Crippen molar-refractivity contribution in [1.29, 1.82) is 0 Å². The Balaban J connectivity index is 1.62. The second-order valence-corrected chi connectivity index (χ2v) is 11.4. The van der Waals surface area contributed by atoms with Crippen LogP contribution in [-0.2, 0) is 13.2 Å². The number of halogens is 3. The lowest BCUT2D eigenvalue weighted by atomic mass is 9.72. The molecule has 2 atom stereocenters. The number of aromatic nitrogens is 5. The van der Waals surface area contributed by atoms with Crippen LogP contribution in [0.1, 0.15) is 80.5 Å².